The summed E-state index contributed by atoms with van der Waals surface area (Å²) in [4.78, 5) is 18.4. The minimum atomic E-state index is -0.340. The summed E-state index contributed by atoms with van der Waals surface area (Å²) in [5, 5.41) is 0. The lowest BCUT2D eigenvalue weighted by Gasteiger charge is -2.39. The molecule has 2 aromatic rings. The quantitative estimate of drug-likeness (QED) is 0.840. The number of benzene rings is 1. The van der Waals surface area contributed by atoms with E-state index in [4.69, 9.17) is 9.47 Å². The van der Waals surface area contributed by atoms with E-state index in [1.54, 1.807) is 35.4 Å². The molecule has 1 amide bonds. The van der Waals surface area contributed by atoms with Crippen LogP contribution in [0.1, 0.15) is 19.3 Å². The van der Waals surface area contributed by atoms with E-state index in [-0.39, 0.29) is 23.4 Å². The number of amides is 1. The summed E-state index contributed by atoms with van der Waals surface area (Å²) in [6.07, 6.45) is 7.60. The second-order valence-electron chi connectivity index (χ2n) is 7.05. The Morgan fingerprint density at radius 2 is 2.23 bits per heavy atom. The molecule has 7 heteroatoms. The van der Waals surface area contributed by atoms with Gasteiger partial charge in [-0.1, -0.05) is 0 Å². The number of piperidine rings is 1. The van der Waals surface area contributed by atoms with E-state index in [9.17, 15) is 9.18 Å². The van der Waals surface area contributed by atoms with E-state index >= 15 is 0 Å². The van der Waals surface area contributed by atoms with Crippen LogP contribution in [0.2, 0.25) is 0 Å². The molecule has 2 saturated heterocycles. The molecule has 138 valence electrons. The highest BCUT2D eigenvalue weighted by Gasteiger charge is 2.45. The van der Waals surface area contributed by atoms with Crippen molar-refractivity contribution in [2.45, 2.75) is 37.5 Å². The van der Waals surface area contributed by atoms with Gasteiger partial charge in [-0.05, 0) is 37.1 Å². The molecule has 2 aliphatic rings. The highest BCUT2D eigenvalue weighted by Crippen LogP contribution is 2.36. The number of nitrogens with zero attached hydrogens (tertiary/aromatic N) is 3. The maximum atomic E-state index is 13.0. The molecule has 2 fully saturated rings. The normalized spacial score (nSPS) is 25.6. The Kier molecular flexibility index (Phi) is 4.63. The van der Waals surface area contributed by atoms with Gasteiger partial charge in [0.2, 0.25) is 5.91 Å². The first-order valence-corrected chi connectivity index (χ1v) is 8.92. The number of hydrogen-bond donors (Lipinski definition) is 0. The van der Waals surface area contributed by atoms with Crippen LogP contribution < -0.4 is 4.74 Å². The Hall–Kier alpha value is -2.41. The number of ether oxygens (including phenoxy) is 2. The van der Waals surface area contributed by atoms with E-state index in [1.807, 2.05) is 4.90 Å². The van der Waals surface area contributed by atoms with Crippen molar-refractivity contribution in [2.75, 3.05) is 19.7 Å². The fourth-order valence-electron chi connectivity index (χ4n) is 3.82. The number of carbonyl (C=O) groups is 1. The molecular formula is C19H22FN3O3. The molecule has 0 radical (unpaired) electrons. The van der Waals surface area contributed by atoms with Crippen LogP contribution in [0, 0.1) is 5.82 Å². The Labute approximate surface area is 151 Å². The fraction of sp³-hybridized carbons (Fsp3) is 0.474. The lowest BCUT2D eigenvalue weighted by atomic mass is 9.89. The molecule has 1 spiro atoms. The zero-order chi connectivity index (χ0) is 18.0. The second-order valence-corrected chi connectivity index (χ2v) is 7.05. The zero-order valence-corrected chi connectivity index (χ0v) is 14.5. The molecule has 0 unspecified atom stereocenters. The van der Waals surface area contributed by atoms with Crippen molar-refractivity contribution in [1.82, 2.24) is 14.5 Å². The van der Waals surface area contributed by atoms with E-state index in [0.29, 0.717) is 25.4 Å². The maximum absolute atomic E-state index is 13.0. The molecule has 2 atom stereocenters. The number of hydrogen-bond acceptors (Lipinski definition) is 4. The van der Waals surface area contributed by atoms with Crippen LogP contribution in [0.25, 0.3) is 0 Å². The van der Waals surface area contributed by atoms with Crippen molar-refractivity contribution < 1.29 is 18.7 Å². The van der Waals surface area contributed by atoms with Gasteiger partial charge in [0.05, 0.1) is 18.5 Å². The first-order chi connectivity index (χ1) is 12.6. The van der Waals surface area contributed by atoms with Gasteiger partial charge < -0.3 is 18.9 Å². The van der Waals surface area contributed by atoms with Crippen LogP contribution >= 0.6 is 0 Å². The smallest absolute Gasteiger partial charge is 0.242 e. The van der Waals surface area contributed by atoms with Gasteiger partial charge in [0.25, 0.3) is 0 Å². The molecule has 2 aliphatic heterocycles. The minimum Gasteiger partial charge on any atom is -0.488 e. The van der Waals surface area contributed by atoms with Gasteiger partial charge in [0.1, 0.15) is 24.2 Å². The largest absolute Gasteiger partial charge is 0.488 e. The summed E-state index contributed by atoms with van der Waals surface area (Å²) < 4.78 is 26.8. The second kappa shape index (κ2) is 7.07. The maximum Gasteiger partial charge on any atom is 0.242 e. The molecule has 0 bridgehead atoms. The topological polar surface area (TPSA) is 56.6 Å². The van der Waals surface area contributed by atoms with Gasteiger partial charge >= 0.3 is 0 Å². The van der Waals surface area contributed by atoms with Gasteiger partial charge in [-0.2, -0.15) is 0 Å². The molecule has 6 nitrogen and oxygen atoms in total. The summed E-state index contributed by atoms with van der Waals surface area (Å²) in [6, 6.07) is 6.03. The monoisotopic (exact) mass is 359 g/mol. The molecule has 0 N–H and O–H groups in total. The summed E-state index contributed by atoms with van der Waals surface area (Å²) in [5.74, 6) is 0.435. The van der Waals surface area contributed by atoms with Gasteiger partial charge in [0.15, 0.2) is 0 Å². The SMILES string of the molecule is O=C(Cn1ccnc1)N1CCC[C@@]2(C[C@@H](Oc3ccc(F)cc3)CO2)C1. The number of imidazole rings is 1. The molecule has 4 rings (SSSR count). The molecule has 0 saturated carbocycles. The van der Waals surface area contributed by atoms with Crippen LogP contribution in [-0.2, 0) is 16.1 Å². The Morgan fingerprint density at radius 1 is 1.38 bits per heavy atom. The van der Waals surface area contributed by atoms with Crippen molar-refractivity contribution in [3.05, 3.63) is 48.8 Å². The molecular weight excluding hydrogens is 337 g/mol. The third-order valence-corrected chi connectivity index (χ3v) is 5.06. The van der Waals surface area contributed by atoms with E-state index < -0.39 is 0 Å². The predicted octanol–water partition coefficient (Wildman–Crippen LogP) is 2.25. The van der Waals surface area contributed by atoms with E-state index in [2.05, 4.69) is 4.98 Å². The lowest BCUT2D eigenvalue weighted by Crippen LogP contribution is -2.51. The summed E-state index contributed by atoms with van der Waals surface area (Å²) in [7, 11) is 0. The highest BCUT2D eigenvalue weighted by molar-refractivity contribution is 5.76. The van der Waals surface area contributed by atoms with E-state index in [0.717, 1.165) is 25.8 Å². The number of carbonyl (C=O) groups excluding carboxylic acids is 1. The zero-order valence-electron chi connectivity index (χ0n) is 14.5. The number of aromatic nitrogens is 2. The van der Waals surface area contributed by atoms with Crippen LogP contribution in [0.3, 0.4) is 0 Å². The summed E-state index contributed by atoms with van der Waals surface area (Å²) >= 11 is 0. The molecule has 3 heterocycles. The van der Waals surface area contributed by atoms with Crippen molar-refractivity contribution >= 4 is 5.91 Å². The lowest BCUT2D eigenvalue weighted by molar-refractivity contribution is -0.139. The first kappa shape index (κ1) is 17.0. The Morgan fingerprint density at radius 3 is 3.00 bits per heavy atom. The fourth-order valence-corrected chi connectivity index (χ4v) is 3.82. The summed E-state index contributed by atoms with van der Waals surface area (Å²) in [5.41, 5.74) is -0.340. The third-order valence-electron chi connectivity index (χ3n) is 5.06. The van der Waals surface area contributed by atoms with Crippen molar-refractivity contribution in [2.24, 2.45) is 0 Å². The number of likely N-dealkylation sites (tertiary alicyclic amines) is 1. The molecule has 0 aliphatic carbocycles. The third kappa shape index (κ3) is 3.72. The average Bonchev–Trinajstić information content (AvgIpc) is 3.28. The van der Waals surface area contributed by atoms with Gasteiger partial charge in [-0.15, -0.1) is 0 Å². The van der Waals surface area contributed by atoms with Gasteiger partial charge in [-0.25, -0.2) is 9.37 Å². The Balaban J connectivity index is 1.36. The standard InChI is InChI=1S/C19H22FN3O3/c20-15-2-4-16(5-3-15)26-17-10-19(25-12-17)6-1-8-23(13-19)18(24)11-22-9-7-21-14-22/h2-5,7,9,14,17H,1,6,8,10-13H2/t17-,19-/m1/s1. The molecule has 1 aromatic heterocycles. The molecule has 1 aromatic carbocycles. The minimum absolute atomic E-state index is 0.0774. The van der Waals surface area contributed by atoms with Crippen molar-refractivity contribution in [3.8, 4) is 5.75 Å². The number of rotatable bonds is 4. The number of halogens is 1. The first-order valence-electron chi connectivity index (χ1n) is 8.92. The van der Waals surface area contributed by atoms with E-state index in [1.165, 1.54) is 12.1 Å². The van der Waals surface area contributed by atoms with Crippen molar-refractivity contribution in [3.63, 3.8) is 0 Å². The van der Waals surface area contributed by atoms with Gasteiger partial charge in [0, 0.05) is 31.9 Å². The average molecular weight is 359 g/mol. The van der Waals surface area contributed by atoms with Crippen molar-refractivity contribution in [1.29, 1.82) is 0 Å². The highest BCUT2D eigenvalue weighted by atomic mass is 19.1. The van der Waals surface area contributed by atoms with Crippen LogP contribution in [-0.4, -0.2) is 51.8 Å². The Bertz CT molecular complexity index is 750. The molecule has 26 heavy (non-hydrogen) atoms. The van der Waals surface area contributed by atoms with Crippen LogP contribution in [0.15, 0.2) is 43.0 Å². The van der Waals surface area contributed by atoms with Crippen LogP contribution in [0.4, 0.5) is 4.39 Å². The van der Waals surface area contributed by atoms with Gasteiger partial charge in [-0.3, -0.25) is 4.79 Å². The van der Waals surface area contributed by atoms with Crippen LogP contribution in [0.5, 0.6) is 5.75 Å². The predicted molar refractivity (Wildman–Crippen MR) is 92.2 cm³/mol. The summed E-state index contributed by atoms with van der Waals surface area (Å²) in [6.45, 7) is 2.12.